The quantitative estimate of drug-likeness (QED) is 0.783. The highest BCUT2D eigenvalue weighted by Crippen LogP contribution is 2.10. The van der Waals surface area contributed by atoms with Gasteiger partial charge in [-0.3, -0.25) is 4.79 Å². The molecule has 0 saturated carbocycles. The molecule has 2 rings (SSSR count). The van der Waals surface area contributed by atoms with E-state index >= 15 is 0 Å². The third-order valence-electron chi connectivity index (χ3n) is 2.88. The average Bonchev–Trinajstić information content (AvgIpc) is 3.03. The maximum atomic E-state index is 12.2. The van der Waals surface area contributed by atoms with Crippen molar-refractivity contribution in [1.29, 1.82) is 5.26 Å². The van der Waals surface area contributed by atoms with E-state index < -0.39 is 0 Å². The van der Waals surface area contributed by atoms with E-state index in [0.29, 0.717) is 24.6 Å². The first-order chi connectivity index (χ1) is 10.3. The van der Waals surface area contributed by atoms with Crippen LogP contribution in [-0.4, -0.2) is 24.0 Å². The van der Waals surface area contributed by atoms with Gasteiger partial charge in [-0.05, 0) is 24.3 Å². The van der Waals surface area contributed by atoms with E-state index in [9.17, 15) is 4.79 Å². The Labute approximate surface area is 123 Å². The Morgan fingerprint density at radius 1 is 1.24 bits per heavy atom. The van der Waals surface area contributed by atoms with Gasteiger partial charge in [0.1, 0.15) is 11.5 Å². The number of carbonyl (C=O) groups excluding carboxylic acids is 1. The summed E-state index contributed by atoms with van der Waals surface area (Å²) in [7, 11) is 0. The van der Waals surface area contributed by atoms with Crippen LogP contribution in [0.4, 0.5) is 0 Å². The first-order valence-electron chi connectivity index (χ1n) is 6.64. The van der Waals surface area contributed by atoms with E-state index in [1.165, 1.54) is 0 Å². The van der Waals surface area contributed by atoms with Crippen molar-refractivity contribution in [2.24, 2.45) is 0 Å². The Morgan fingerprint density at radius 2 is 2.05 bits per heavy atom. The van der Waals surface area contributed by atoms with Crippen molar-refractivity contribution in [2.45, 2.75) is 13.0 Å². The van der Waals surface area contributed by atoms with Crippen LogP contribution in [0.3, 0.4) is 0 Å². The van der Waals surface area contributed by atoms with Crippen LogP contribution in [0.1, 0.15) is 12.2 Å². The number of benzene rings is 1. The fourth-order valence-electron chi connectivity index (χ4n) is 1.82. The number of ether oxygens (including phenoxy) is 1. The second-order valence-electron chi connectivity index (χ2n) is 4.40. The summed E-state index contributed by atoms with van der Waals surface area (Å²) in [5.41, 5.74) is 0. The highest BCUT2D eigenvalue weighted by atomic mass is 16.5. The number of carbonyl (C=O) groups is 1. The lowest BCUT2D eigenvalue weighted by atomic mass is 10.3. The molecule has 0 saturated heterocycles. The van der Waals surface area contributed by atoms with Crippen LogP contribution in [0.25, 0.3) is 0 Å². The molecule has 0 radical (unpaired) electrons. The molecule has 0 aliphatic rings. The second kappa shape index (κ2) is 7.75. The van der Waals surface area contributed by atoms with Gasteiger partial charge < -0.3 is 14.1 Å². The monoisotopic (exact) mass is 284 g/mol. The molecule has 1 amide bonds. The number of hydrogen-bond donors (Lipinski definition) is 0. The maximum absolute atomic E-state index is 12.2. The molecule has 21 heavy (non-hydrogen) atoms. The minimum Gasteiger partial charge on any atom is -0.484 e. The molecule has 5 heteroatoms. The van der Waals surface area contributed by atoms with Gasteiger partial charge >= 0.3 is 0 Å². The summed E-state index contributed by atoms with van der Waals surface area (Å²) in [5, 5.41) is 8.69. The molecule has 0 N–H and O–H groups in total. The van der Waals surface area contributed by atoms with E-state index in [1.807, 2.05) is 24.3 Å². The number of nitriles is 1. The lowest BCUT2D eigenvalue weighted by Crippen LogP contribution is -2.35. The molecule has 0 aliphatic carbocycles. The van der Waals surface area contributed by atoms with Crippen LogP contribution in [0.15, 0.2) is 53.1 Å². The van der Waals surface area contributed by atoms with Gasteiger partial charge in [-0.25, -0.2) is 0 Å². The van der Waals surface area contributed by atoms with Crippen molar-refractivity contribution in [1.82, 2.24) is 4.90 Å². The zero-order valence-corrected chi connectivity index (χ0v) is 11.6. The lowest BCUT2D eigenvalue weighted by Gasteiger charge is -2.20. The molecule has 0 spiro atoms. The van der Waals surface area contributed by atoms with Crippen molar-refractivity contribution in [3.05, 3.63) is 54.5 Å². The molecule has 5 nitrogen and oxygen atoms in total. The van der Waals surface area contributed by atoms with Crippen LogP contribution in [0.2, 0.25) is 0 Å². The van der Waals surface area contributed by atoms with Crippen LogP contribution in [-0.2, 0) is 11.3 Å². The smallest absolute Gasteiger partial charge is 0.260 e. The molecule has 0 fully saturated rings. The summed E-state index contributed by atoms with van der Waals surface area (Å²) in [6, 6.07) is 14.8. The van der Waals surface area contributed by atoms with Crippen LogP contribution in [0, 0.1) is 11.3 Å². The number of hydrogen-bond acceptors (Lipinski definition) is 4. The van der Waals surface area contributed by atoms with E-state index in [-0.39, 0.29) is 18.9 Å². The van der Waals surface area contributed by atoms with Gasteiger partial charge in [-0.1, -0.05) is 18.2 Å². The van der Waals surface area contributed by atoms with Crippen LogP contribution in [0.5, 0.6) is 5.75 Å². The number of furan rings is 1. The topological polar surface area (TPSA) is 66.5 Å². The van der Waals surface area contributed by atoms with Crippen molar-refractivity contribution < 1.29 is 13.9 Å². The lowest BCUT2D eigenvalue weighted by molar-refractivity contribution is -0.134. The largest absolute Gasteiger partial charge is 0.484 e. The molecule has 1 aromatic carbocycles. The van der Waals surface area contributed by atoms with E-state index in [2.05, 4.69) is 0 Å². The highest BCUT2D eigenvalue weighted by molar-refractivity contribution is 5.77. The first-order valence-corrected chi connectivity index (χ1v) is 6.64. The predicted octanol–water partition coefficient (Wildman–Crippen LogP) is 2.60. The number of nitrogens with zero attached hydrogens (tertiary/aromatic N) is 2. The molecule has 2 aromatic rings. The Balaban J connectivity index is 1.92. The Morgan fingerprint density at radius 3 is 2.71 bits per heavy atom. The van der Waals surface area contributed by atoms with Gasteiger partial charge in [0.05, 0.1) is 25.3 Å². The number of rotatable bonds is 7. The van der Waals surface area contributed by atoms with Gasteiger partial charge in [0.2, 0.25) is 0 Å². The minimum atomic E-state index is -0.175. The van der Waals surface area contributed by atoms with Crippen molar-refractivity contribution in [2.75, 3.05) is 13.2 Å². The molecule has 1 aromatic heterocycles. The molecule has 0 unspecified atom stereocenters. The number of amides is 1. The molecule has 108 valence electrons. The molecule has 0 atom stereocenters. The summed E-state index contributed by atoms with van der Waals surface area (Å²) in [4.78, 5) is 13.8. The summed E-state index contributed by atoms with van der Waals surface area (Å²) >= 11 is 0. The molecule has 0 aliphatic heterocycles. The summed E-state index contributed by atoms with van der Waals surface area (Å²) < 4.78 is 10.7. The second-order valence-corrected chi connectivity index (χ2v) is 4.40. The summed E-state index contributed by atoms with van der Waals surface area (Å²) in [6.07, 6.45) is 1.83. The minimum absolute atomic E-state index is 0.0594. The zero-order valence-electron chi connectivity index (χ0n) is 11.6. The van der Waals surface area contributed by atoms with Gasteiger partial charge in [-0.15, -0.1) is 0 Å². The van der Waals surface area contributed by atoms with Crippen LogP contribution < -0.4 is 4.74 Å². The third kappa shape index (κ3) is 4.69. The molecule has 0 bridgehead atoms. The van der Waals surface area contributed by atoms with Gasteiger partial charge in [0.15, 0.2) is 6.61 Å². The molecular formula is C16H16N2O3. The highest BCUT2D eigenvalue weighted by Gasteiger charge is 2.15. The molecular weight excluding hydrogens is 268 g/mol. The van der Waals surface area contributed by atoms with Crippen molar-refractivity contribution in [3.63, 3.8) is 0 Å². The maximum Gasteiger partial charge on any atom is 0.260 e. The van der Waals surface area contributed by atoms with Crippen molar-refractivity contribution in [3.8, 4) is 11.8 Å². The van der Waals surface area contributed by atoms with Gasteiger partial charge in [0, 0.05) is 6.54 Å². The first kappa shape index (κ1) is 14.7. The zero-order chi connectivity index (χ0) is 14.9. The SMILES string of the molecule is N#CCCN(Cc1ccco1)C(=O)COc1ccccc1. The average molecular weight is 284 g/mol. The van der Waals surface area contributed by atoms with Gasteiger partial charge in [0.25, 0.3) is 5.91 Å². The number of para-hydroxylation sites is 1. The van der Waals surface area contributed by atoms with Crippen molar-refractivity contribution >= 4 is 5.91 Å². The fourth-order valence-corrected chi connectivity index (χ4v) is 1.82. The Kier molecular flexibility index (Phi) is 5.41. The summed E-state index contributed by atoms with van der Waals surface area (Å²) in [5.74, 6) is 1.15. The van der Waals surface area contributed by atoms with Crippen LogP contribution >= 0.6 is 0 Å². The van der Waals surface area contributed by atoms with E-state index in [4.69, 9.17) is 14.4 Å². The predicted molar refractivity (Wildman–Crippen MR) is 76.3 cm³/mol. The fraction of sp³-hybridized carbons (Fsp3) is 0.250. The molecule has 1 heterocycles. The normalized spacial score (nSPS) is 9.86. The Bertz CT molecular complexity index is 588. The third-order valence-corrected chi connectivity index (χ3v) is 2.88. The Hall–Kier alpha value is -2.74. The summed E-state index contributed by atoms with van der Waals surface area (Å²) in [6.45, 7) is 0.635. The standard InChI is InChI=1S/C16H16N2O3/c17-9-5-10-18(12-15-8-4-11-20-15)16(19)13-21-14-6-2-1-3-7-14/h1-4,6-8,11H,5,10,12-13H2. The van der Waals surface area contributed by atoms with E-state index in [0.717, 1.165) is 0 Å². The van der Waals surface area contributed by atoms with E-state index in [1.54, 1.807) is 35.4 Å². The van der Waals surface area contributed by atoms with Gasteiger partial charge in [-0.2, -0.15) is 5.26 Å².